The normalized spacial score (nSPS) is 10.3. The topological polar surface area (TPSA) is 39.2 Å². The molecule has 0 aliphatic carbocycles. The van der Waals surface area contributed by atoms with Crippen LogP contribution in [0.5, 0.6) is 0 Å². The molecule has 0 aliphatic heterocycles. The molecule has 0 saturated carbocycles. The minimum atomic E-state index is -0.205. The molecule has 2 aromatic rings. The van der Waals surface area contributed by atoms with E-state index >= 15 is 0 Å². The zero-order valence-corrected chi connectivity index (χ0v) is 11.2. The van der Waals surface area contributed by atoms with Crippen LogP contribution in [0.2, 0.25) is 4.34 Å². The average molecular weight is 282 g/mol. The average Bonchev–Trinajstić information content (AvgIpc) is 2.81. The number of thiophene rings is 1. The third-order valence-corrected chi connectivity index (χ3v) is 3.62. The molecule has 0 aromatic carbocycles. The Kier molecular flexibility index (Phi) is 4.73. The molecule has 0 radical (unpaired) electrons. The van der Waals surface area contributed by atoms with E-state index in [1.807, 2.05) is 24.3 Å². The summed E-state index contributed by atoms with van der Waals surface area (Å²) >= 11 is 7.30. The number of aromatic nitrogens is 1. The van der Waals surface area contributed by atoms with Gasteiger partial charge in [0.2, 0.25) is 0 Å². The Morgan fingerprint density at radius 1 is 1.39 bits per heavy atom. The van der Waals surface area contributed by atoms with Gasteiger partial charge in [0, 0.05) is 22.8 Å². The van der Waals surface area contributed by atoms with Crippen LogP contribution >= 0.6 is 22.9 Å². The van der Waals surface area contributed by atoms with Crippen molar-refractivity contribution in [3.8, 4) is 0 Å². The number of ether oxygens (including phenoxy) is 1. The Labute approximate surface area is 114 Å². The van der Waals surface area contributed by atoms with Crippen LogP contribution in [0.1, 0.15) is 16.9 Å². The summed E-state index contributed by atoms with van der Waals surface area (Å²) in [6.45, 7) is 0.276. The number of esters is 1. The standard InChI is InChI=1S/C13H12ClNO2S/c14-12-5-3-11(18-12)4-6-13(16)17-9-10-2-1-7-15-8-10/h1-3,5,7-8H,4,6,9H2. The molecule has 3 nitrogen and oxygen atoms in total. The molecule has 0 bridgehead atoms. The number of halogens is 1. The van der Waals surface area contributed by atoms with E-state index in [-0.39, 0.29) is 12.6 Å². The summed E-state index contributed by atoms with van der Waals surface area (Å²) in [4.78, 5) is 16.6. The van der Waals surface area contributed by atoms with Gasteiger partial charge < -0.3 is 4.74 Å². The second-order valence-electron chi connectivity index (χ2n) is 3.73. The van der Waals surface area contributed by atoms with Crippen LogP contribution in [0.25, 0.3) is 0 Å². The van der Waals surface area contributed by atoms with E-state index in [4.69, 9.17) is 16.3 Å². The van der Waals surface area contributed by atoms with Crippen molar-refractivity contribution in [2.75, 3.05) is 0 Å². The minimum absolute atomic E-state index is 0.205. The van der Waals surface area contributed by atoms with Gasteiger partial charge in [-0.2, -0.15) is 0 Å². The molecule has 0 saturated heterocycles. The molecule has 2 heterocycles. The fraction of sp³-hybridized carbons (Fsp3) is 0.231. The zero-order valence-electron chi connectivity index (χ0n) is 9.64. The lowest BCUT2D eigenvalue weighted by molar-refractivity contribution is -0.144. The predicted molar refractivity (Wildman–Crippen MR) is 71.7 cm³/mol. The Balaban J connectivity index is 1.73. The van der Waals surface area contributed by atoms with Gasteiger partial charge in [-0.15, -0.1) is 11.3 Å². The van der Waals surface area contributed by atoms with E-state index in [9.17, 15) is 4.79 Å². The van der Waals surface area contributed by atoms with Crippen LogP contribution in [0.3, 0.4) is 0 Å². The van der Waals surface area contributed by atoms with Gasteiger partial charge >= 0.3 is 5.97 Å². The highest BCUT2D eigenvalue weighted by Gasteiger charge is 2.06. The Hall–Kier alpha value is -1.39. The zero-order chi connectivity index (χ0) is 12.8. The van der Waals surface area contributed by atoms with Gasteiger partial charge in [0.15, 0.2) is 0 Å². The number of pyridine rings is 1. The lowest BCUT2D eigenvalue weighted by Crippen LogP contribution is -2.05. The fourth-order valence-electron chi connectivity index (χ4n) is 1.43. The molecule has 0 N–H and O–H groups in total. The van der Waals surface area contributed by atoms with Gasteiger partial charge in [0.1, 0.15) is 6.61 Å². The van der Waals surface area contributed by atoms with Gasteiger partial charge in [0.05, 0.1) is 10.8 Å². The van der Waals surface area contributed by atoms with Gasteiger partial charge in [-0.3, -0.25) is 9.78 Å². The first kappa shape index (κ1) is 13.1. The van der Waals surface area contributed by atoms with Crippen LogP contribution in [0.4, 0.5) is 0 Å². The summed E-state index contributed by atoms with van der Waals surface area (Å²) in [5, 5.41) is 0. The number of carbonyl (C=O) groups is 1. The van der Waals surface area contributed by atoms with Crippen LogP contribution in [-0.4, -0.2) is 11.0 Å². The maximum atomic E-state index is 11.5. The highest BCUT2D eigenvalue weighted by atomic mass is 35.5. The van der Waals surface area contributed by atoms with Crippen LogP contribution in [-0.2, 0) is 22.6 Å². The third-order valence-electron chi connectivity index (χ3n) is 2.33. The smallest absolute Gasteiger partial charge is 0.306 e. The molecule has 0 amide bonds. The number of nitrogens with zero attached hydrogens (tertiary/aromatic N) is 1. The van der Waals surface area contributed by atoms with E-state index in [1.165, 1.54) is 11.3 Å². The van der Waals surface area contributed by atoms with Crippen molar-refractivity contribution in [1.82, 2.24) is 4.98 Å². The summed E-state index contributed by atoms with van der Waals surface area (Å²) in [6, 6.07) is 7.46. The van der Waals surface area contributed by atoms with E-state index in [0.717, 1.165) is 14.8 Å². The van der Waals surface area contributed by atoms with E-state index in [2.05, 4.69) is 4.98 Å². The number of carbonyl (C=O) groups excluding carboxylic acids is 1. The largest absolute Gasteiger partial charge is 0.461 e. The second kappa shape index (κ2) is 6.52. The first-order valence-electron chi connectivity index (χ1n) is 5.53. The summed E-state index contributed by atoms with van der Waals surface area (Å²) in [5.74, 6) is -0.205. The number of hydrogen-bond donors (Lipinski definition) is 0. The second-order valence-corrected chi connectivity index (χ2v) is 5.53. The van der Waals surface area contributed by atoms with Crippen molar-refractivity contribution in [1.29, 1.82) is 0 Å². The molecule has 18 heavy (non-hydrogen) atoms. The summed E-state index contributed by atoms with van der Waals surface area (Å²) in [5.41, 5.74) is 0.894. The van der Waals surface area contributed by atoms with Crippen molar-refractivity contribution < 1.29 is 9.53 Å². The molecule has 0 spiro atoms. The SMILES string of the molecule is O=C(CCc1ccc(Cl)s1)OCc1cccnc1. The highest BCUT2D eigenvalue weighted by molar-refractivity contribution is 7.16. The minimum Gasteiger partial charge on any atom is -0.461 e. The number of hydrogen-bond acceptors (Lipinski definition) is 4. The van der Waals surface area contributed by atoms with E-state index in [0.29, 0.717) is 12.8 Å². The lowest BCUT2D eigenvalue weighted by Gasteiger charge is -2.03. The number of rotatable bonds is 5. The Morgan fingerprint density at radius 3 is 2.94 bits per heavy atom. The predicted octanol–water partition coefficient (Wildman–Crippen LogP) is 3.47. The fourth-order valence-corrected chi connectivity index (χ4v) is 2.52. The Morgan fingerprint density at radius 2 is 2.28 bits per heavy atom. The maximum absolute atomic E-state index is 11.5. The maximum Gasteiger partial charge on any atom is 0.306 e. The van der Waals surface area contributed by atoms with E-state index in [1.54, 1.807) is 12.4 Å². The van der Waals surface area contributed by atoms with E-state index < -0.39 is 0 Å². The van der Waals surface area contributed by atoms with Crippen molar-refractivity contribution in [2.24, 2.45) is 0 Å². The van der Waals surface area contributed by atoms with Crippen LogP contribution in [0.15, 0.2) is 36.7 Å². The van der Waals surface area contributed by atoms with Crippen LogP contribution in [0, 0.1) is 0 Å². The molecular formula is C13H12ClNO2S. The monoisotopic (exact) mass is 281 g/mol. The quantitative estimate of drug-likeness (QED) is 0.788. The third kappa shape index (κ3) is 4.13. The first-order chi connectivity index (χ1) is 8.74. The van der Waals surface area contributed by atoms with Gasteiger partial charge in [-0.1, -0.05) is 17.7 Å². The molecular weight excluding hydrogens is 270 g/mol. The van der Waals surface area contributed by atoms with Gasteiger partial charge in [-0.05, 0) is 24.6 Å². The Bertz CT molecular complexity index is 513. The first-order valence-corrected chi connectivity index (χ1v) is 6.72. The lowest BCUT2D eigenvalue weighted by atomic mass is 10.2. The molecule has 0 fully saturated rings. The molecule has 5 heteroatoms. The van der Waals surface area contributed by atoms with Gasteiger partial charge in [0.25, 0.3) is 0 Å². The molecule has 0 unspecified atom stereocenters. The summed E-state index contributed by atoms with van der Waals surface area (Å²) < 4.78 is 5.89. The van der Waals surface area contributed by atoms with Crippen molar-refractivity contribution in [2.45, 2.75) is 19.4 Å². The summed E-state index contributed by atoms with van der Waals surface area (Å²) in [6.07, 6.45) is 4.42. The van der Waals surface area contributed by atoms with Crippen LogP contribution < -0.4 is 0 Å². The molecule has 94 valence electrons. The molecule has 2 aromatic heterocycles. The summed E-state index contributed by atoms with van der Waals surface area (Å²) in [7, 11) is 0. The molecule has 0 aliphatic rings. The van der Waals surface area contributed by atoms with Crippen molar-refractivity contribution >= 4 is 28.9 Å². The highest BCUT2D eigenvalue weighted by Crippen LogP contribution is 2.22. The molecule has 0 atom stereocenters. The van der Waals surface area contributed by atoms with Gasteiger partial charge in [-0.25, -0.2) is 0 Å². The van der Waals surface area contributed by atoms with Crippen molar-refractivity contribution in [3.05, 3.63) is 51.4 Å². The molecule has 2 rings (SSSR count). The number of aryl methyl sites for hydroxylation is 1. The van der Waals surface area contributed by atoms with Crippen molar-refractivity contribution in [3.63, 3.8) is 0 Å².